The number of hydrogen-bond acceptors (Lipinski definition) is 14. The van der Waals surface area contributed by atoms with E-state index in [1.807, 2.05) is 0 Å². The Morgan fingerprint density at radius 2 is 2.09 bits per heavy atom. The fraction of sp³-hybridized carbons (Fsp3) is 0.294. The molecule has 4 rings (SSSR count). The van der Waals surface area contributed by atoms with Crippen LogP contribution in [0.3, 0.4) is 0 Å². The topological polar surface area (TPSA) is 205 Å². The van der Waals surface area contributed by atoms with Crippen LogP contribution in [0, 0.1) is 0 Å². The summed E-state index contributed by atoms with van der Waals surface area (Å²) in [5.41, 5.74) is 5.47. The number of nitrogens with two attached hydrogens (primary N) is 1. The quantitative estimate of drug-likeness (QED) is 0.130. The Morgan fingerprint density at radius 3 is 2.69 bits per heavy atom. The third kappa shape index (κ3) is 5.34. The van der Waals surface area contributed by atoms with Crippen molar-refractivity contribution in [3.8, 4) is 0 Å². The SMILES string of the molecule is CON=C(C(=O)NC1C(=O)N2C(C(=O)[O-])=C(c3nnc(NC(C)=O)s3)CS[C@@H]12)c1csc(N)n1.[Na+]. The van der Waals surface area contributed by atoms with Crippen LogP contribution >= 0.6 is 34.4 Å². The second kappa shape index (κ2) is 11.0. The summed E-state index contributed by atoms with van der Waals surface area (Å²) in [7, 11) is 1.25. The number of β-lactam (4-membered cyclic amide) rings is 1. The van der Waals surface area contributed by atoms with Crippen LogP contribution in [0.25, 0.3) is 5.57 Å². The molecule has 2 aliphatic rings. The Labute approximate surface area is 231 Å². The van der Waals surface area contributed by atoms with Crippen LogP contribution in [0.4, 0.5) is 10.3 Å². The predicted molar refractivity (Wildman–Crippen MR) is 121 cm³/mol. The zero-order valence-corrected chi connectivity index (χ0v) is 22.9. The number of carboxylic acid groups (broad SMARTS) is 1. The molecule has 0 aliphatic carbocycles. The molecule has 14 nitrogen and oxygen atoms in total. The third-order valence-electron chi connectivity index (χ3n) is 4.58. The van der Waals surface area contributed by atoms with E-state index in [1.165, 1.54) is 31.2 Å². The summed E-state index contributed by atoms with van der Waals surface area (Å²) in [5.74, 6) is -3.17. The number of carboxylic acids is 1. The summed E-state index contributed by atoms with van der Waals surface area (Å²) in [6.07, 6.45) is 0. The molecule has 4 heterocycles. The fourth-order valence-electron chi connectivity index (χ4n) is 3.22. The minimum atomic E-state index is -1.57. The number of fused-ring (bicyclic) bond motifs is 1. The monoisotopic (exact) mass is 546 g/mol. The molecule has 2 atom stereocenters. The summed E-state index contributed by atoms with van der Waals surface area (Å²) >= 11 is 3.29. The fourth-order valence-corrected chi connectivity index (χ4v) is 6.04. The molecule has 1 fully saturated rings. The van der Waals surface area contributed by atoms with Gasteiger partial charge in [0.05, 0.1) is 11.7 Å². The van der Waals surface area contributed by atoms with Gasteiger partial charge in [0.15, 0.2) is 10.8 Å². The van der Waals surface area contributed by atoms with E-state index in [0.717, 1.165) is 27.6 Å². The van der Waals surface area contributed by atoms with E-state index in [1.54, 1.807) is 0 Å². The van der Waals surface area contributed by atoms with E-state index in [0.29, 0.717) is 0 Å². The van der Waals surface area contributed by atoms with Crippen molar-refractivity contribution in [3.63, 3.8) is 0 Å². The molecule has 0 spiro atoms. The normalized spacial score (nSPS) is 19.3. The van der Waals surface area contributed by atoms with E-state index in [-0.39, 0.29) is 79.2 Å². The van der Waals surface area contributed by atoms with Gasteiger partial charge in [-0.3, -0.25) is 19.3 Å². The number of nitrogens with zero attached hydrogens (tertiary/aromatic N) is 5. The van der Waals surface area contributed by atoms with E-state index in [4.69, 9.17) is 10.6 Å². The number of thioether (sulfide) groups is 1. The van der Waals surface area contributed by atoms with Gasteiger partial charge in [-0.15, -0.1) is 33.3 Å². The summed E-state index contributed by atoms with van der Waals surface area (Å²) < 4.78 is 0. The van der Waals surface area contributed by atoms with Crippen molar-refractivity contribution in [1.29, 1.82) is 0 Å². The van der Waals surface area contributed by atoms with Crippen molar-refractivity contribution in [2.75, 3.05) is 23.9 Å². The van der Waals surface area contributed by atoms with Crippen LogP contribution in [0.15, 0.2) is 16.2 Å². The number of hydrogen-bond donors (Lipinski definition) is 3. The minimum Gasteiger partial charge on any atom is -0.543 e. The zero-order valence-electron chi connectivity index (χ0n) is 18.4. The molecule has 1 saturated heterocycles. The van der Waals surface area contributed by atoms with Gasteiger partial charge in [0, 0.05) is 23.6 Å². The number of thiazole rings is 1. The first-order chi connectivity index (χ1) is 16.2. The average Bonchev–Trinajstić information content (AvgIpc) is 3.42. The Kier molecular flexibility index (Phi) is 8.50. The number of aliphatic carboxylic acids is 1. The summed E-state index contributed by atoms with van der Waals surface area (Å²) in [6, 6.07) is -1.02. The molecule has 4 N–H and O–H groups in total. The molecule has 0 saturated carbocycles. The minimum absolute atomic E-state index is 0. The van der Waals surface area contributed by atoms with Gasteiger partial charge in [-0.1, -0.05) is 16.5 Å². The van der Waals surface area contributed by atoms with Gasteiger partial charge in [0.2, 0.25) is 11.0 Å². The standard InChI is InChI=1S/C17H16N8O6S3.Na/c1-5(26)19-17-23-22-12(34-17)6-3-32-14-9(13(28)25(14)10(6)15(29)30)21-11(27)8(24-31-2)7-4-33-16(18)20-7;/h4,9,14H,3H2,1-2H3,(H2,18,20)(H,21,27)(H,29,30)(H,19,23,26);/q;+1/p-1/t9?,14-;/m0./s1. The Bertz CT molecular complexity index is 1260. The summed E-state index contributed by atoms with van der Waals surface area (Å²) in [6.45, 7) is 1.30. The predicted octanol–water partition coefficient (Wildman–Crippen LogP) is -4.55. The summed E-state index contributed by atoms with van der Waals surface area (Å²) in [5, 5.41) is 29.8. The Balaban J connectivity index is 0.00000342. The summed E-state index contributed by atoms with van der Waals surface area (Å²) in [4.78, 5) is 58.6. The number of oxime groups is 1. The molecular formula is C17H15N8NaO6S3. The number of anilines is 2. The van der Waals surface area contributed by atoms with Crippen LogP contribution in [0.5, 0.6) is 0 Å². The zero-order chi connectivity index (χ0) is 24.6. The number of carbonyl (C=O) groups excluding carboxylic acids is 4. The first-order valence-electron chi connectivity index (χ1n) is 9.35. The third-order valence-corrected chi connectivity index (χ3v) is 7.43. The number of rotatable bonds is 7. The van der Waals surface area contributed by atoms with Crippen molar-refractivity contribution < 1.29 is 58.7 Å². The molecule has 178 valence electrons. The van der Waals surface area contributed by atoms with Crippen LogP contribution in [0.2, 0.25) is 0 Å². The van der Waals surface area contributed by atoms with E-state index < -0.39 is 29.2 Å². The van der Waals surface area contributed by atoms with Crippen molar-refractivity contribution in [2.24, 2.45) is 5.16 Å². The van der Waals surface area contributed by atoms with Crippen LogP contribution in [-0.4, -0.2) is 73.8 Å². The van der Waals surface area contributed by atoms with Crippen molar-refractivity contribution in [2.45, 2.75) is 18.3 Å². The average molecular weight is 547 g/mol. The Morgan fingerprint density at radius 1 is 1.34 bits per heavy atom. The van der Waals surface area contributed by atoms with Crippen molar-refractivity contribution in [1.82, 2.24) is 25.4 Å². The smallest absolute Gasteiger partial charge is 0.543 e. The second-order valence-corrected chi connectivity index (χ2v) is 9.73. The van der Waals surface area contributed by atoms with Crippen LogP contribution in [-0.2, 0) is 24.0 Å². The molecule has 18 heteroatoms. The maximum atomic E-state index is 12.9. The van der Waals surface area contributed by atoms with Gasteiger partial charge in [-0.2, -0.15) is 0 Å². The largest absolute Gasteiger partial charge is 1.00 e. The molecule has 0 aromatic carbocycles. The Hall–Kier alpha value is -2.57. The molecule has 0 bridgehead atoms. The molecule has 3 amide bonds. The number of amides is 3. The molecular weight excluding hydrogens is 531 g/mol. The first kappa shape index (κ1) is 27.0. The van der Waals surface area contributed by atoms with Gasteiger partial charge in [0.1, 0.15) is 29.2 Å². The first-order valence-corrected chi connectivity index (χ1v) is 12.1. The molecule has 2 aliphatic heterocycles. The molecule has 2 aromatic heterocycles. The molecule has 0 radical (unpaired) electrons. The van der Waals surface area contributed by atoms with E-state index in [9.17, 15) is 24.3 Å². The maximum absolute atomic E-state index is 12.9. The van der Waals surface area contributed by atoms with Crippen molar-refractivity contribution in [3.05, 3.63) is 21.8 Å². The van der Waals surface area contributed by atoms with Gasteiger partial charge >= 0.3 is 29.6 Å². The molecule has 1 unspecified atom stereocenters. The van der Waals surface area contributed by atoms with Crippen LogP contribution < -0.4 is 51.0 Å². The van der Waals surface area contributed by atoms with E-state index >= 15 is 0 Å². The maximum Gasteiger partial charge on any atom is 1.00 e. The second-order valence-electron chi connectivity index (χ2n) is 6.76. The number of carbonyl (C=O) groups is 4. The number of nitrogen functional groups attached to an aromatic ring is 1. The van der Waals surface area contributed by atoms with Gasteiger partial charge in [-0.05, 0) is 0 Å². The van der Waals surface area contributed by atoms with Crippen LogP contribution in [0.1, 0.15) is 17.6 Å². The van der Waals surface area contributed by atoms with Gasteiger partial charge in [0.25, 0.3) is 11.8 Å². The van der Waals surface area contributed by atoms with Gasteiger partial charge in [-0.25, -0.2) is 4.98 Å². The molecule has 35 heavy (non-hydrogen) atoms. The molecule has 2 aromatic rings. The van der Waals surface area contributed by atoms with Crippen molar-refractivity contribution >= 4 is 79.7 Å². The van der Waals surface area contributed by atoms with Gasteiger partial charge < -0.3 is 31.1 Å². The number of nitrogens with one attached hydrogen (secondary N) is 2. The number of aromatic nitrogens is 3. The van der Waals surface area contributed by atoms with E-state index in [2.05, 4.69) is 31.0 Å².